The molecule has 0 N–H and O–H groups in total. The van der Waals surface area contributed by atoms with Gasteiger partial charge in [-0.2, -0.15) is 5.11 Å². The zero-order valence-corrected chi connectivity index (χ0v) is 12.4. The fourth-order valence-electron chi connectivity index (χ4n) is 2.40. The van der Waals surface area contributed by atoms with E-state index in [9.17, 15) is 9.59 Å². The lowest BCUT2D eigenvalue weighted by Gasteiger charge is -2.06. The summed E-state index contributed by atoms with van der Waals surface area (Å²) < 4.78 is 0. The van der Waals surface area contributed by atoms with Crippen molar-refractivity contribution < 1.29 is 9.59 Å². The van der Waals surface area contributed by atoms with Gasteiger partial charge in [0.2, 0.25) is 6.17 Å². The Labute approximate surface area is 133 Å². The van der Waals surface area contributed by atoms with E-state index in [1.54, 1.807) is 6.07 Å². The Kier molecular flexibility index (Phi) is 4.47. The Bertz CT molecular complexity index is 770. The summed E-state index contributed by atoms with van der Waals surface area (Å²) in [6.45, 7) is 0. The zero-order chi connectivity index (χ0) is 16.1. The Morgan fingerprint density at radius 1 is 0.957 bits per heavy atom. The van der Waals surface area contributed by atoms with E-state index in [2.05, 4.69) is 15.2 Å². The molecule has 114 valence electrons. The molecular formula is C18H15N3O2. The summed E-state index contributed by atoms with van der Waals surface area (Å²) in [6, 6.07) is 17.4. The van der Waals surface area contributed by atoms with Crippen molar-refractivity contribution >= 4 is 17.9 Å². The second-order valence-corrected chi connectivity index (χ2v) is 5.30. The summed E-state index contributed by atoms with van der Waals surface area (Å²) in [5.41, 5.74) is 2.74. The van der Waals surface area contributed by atoms with Crippen LogP contribution in [0.3, 0.4) is 0 Å². The van der Waals surface area contributed by atoms with E-state index < -0.39 is 6.17 Å². The SMILES string of the molecule is O=C(CC(=O)C1N=CN=N1)c1cccc(Cc2ccccc2)c1. The van der Waals surface area contributed by atoms with Crippen LogP contribution in [0.1, 0.15) is 27.9 Å². The summed E-state index contributed by atoms with van der Waals surface area (Å²) in [5, 5.41) is 7.18. The molecule has 5 heteroatoms. The molecule has 1 atom stereocenters. The quantitative estimate of drug-likeness (QED) is 0.607. The van der Waals surface area contributed by atoms with Crippen LogP contribution in [-0.4, -0.2) is 24.1 Å². The number of ketones is 2. The van der Waals surface area contributed by atoms with Crippen LogP contribution in [0.4, 0.5) is 0 Å². The fourth-order valence-corrected chi connectivity index (χ4v) is 2.40. The van der Waals surface area contributed by atoms with E-state index in [-0.39, 0.29) is 18.0 Å². The van der Waals surface area contributed by atoms with Crippen molar-refractivity contribution in [2.24, 2.45) is 15.2 Å². The standard InChI is InChI=1S/C18H15N3O2/c22-16(11-17(23)18-19-12-20-21-18)15-8-4-7-14(10-15)9-13-5-2-1-3-6-13/h1-8,10,12,18H,9,11H2. The van der Waals surface area contributed by atoms with E-state index in [0.717, 1.165) is 12.0 Å². The highest BCUT2D eigenvalue weighted by atomic mass is 16.2. The van der Waals surface area contributed by atoms with E-state index in [4.69, 9.17) is 0 Å². The first kappa shape index (κ1) is 15.0. The molecule has 1 unspecified atom stereocenters. The van der Waals surface area contributed by atoms with Gasteiger partial charge in [-0.3, -0.25) is 9.59 Å². The minimum absolute atomic E-state index is 0.212. The summed E-state index contributed by atoms with van der Waals surface area (Å²) in [6.07, 6.45) is 0.909. The van der Waals surface area contributed by atoms with Crippen LogP contribution >= 0.6 is 0 Å². The van der Waals surface area contributed by atoms with E-state index in [0.29, 0.717) is 5.56 Å². The molecule has 0 saturated carbocycles. The molecule has 0 amide bonds. The maximum absolute atomic E-state index is 12.3. The molecule has 5 nitrogen and oxygen atoms in total. The summed E-state index contributed by atoms with van der Waals surface area (Å²) in [7, 11) is 0. The average Bonchev–Trinajstić information content (AvgIpc) is 3.10. The van der Waals surface area contributed by atoms with Gasteiger partial charge in [-0.25, -0.2) is 4.99 Å². The van der Waals surface area contributed by atoms with Crippen molar-refractivity contribution in [3.63, 3.8) is 0 Å². The minimum Gasteiger partial charge on any atom is -0.294 e. The van der Waals surface area contributed by atoms with Crippen LogP contribution in [0.5, 0.6) is 0 Å². The molecular weight excluding hydrogens is 290 g/mol. The number of Topliss-reactive ketones (excluding diaryl/α,β-unsaturated/α-hetero) is 2. The highest BCUT2D eigenvalue weighted by Crippen LogP contribution is 2.14. The number of aliphatic imine (C=N–C) groups is 1. The van der Waals surface area contributed by atoms with Gasteiger partial charge < -0.3 is 0 Å². The monoisotopic (exact) mass is 305 g/mol. The second kappa shape index (κ2) is 6.87. The third-order valence-electron chi connectivity index (χ3n) is 3.56. The van der Waals surface area contributed by atoms with Gasteiger partial charge in [0, 0.05) is 5.56 Å². The molecule has 2 aromatic rings. The minimum atomic E-state index is -0.855. The molecule has 0 bridgehead atoms. The lowest BCUT2D eigenvalue weighted by Crippen LogP contribution is -2.18. The van der Waals surface area contributed by atoms with Crippen LogP contribution < -0.4 is 0 Å². The molecule has 3 rings (SSSR count). The molecule has 0 aliphatic carbocycles. The van der Waals surface area contributed by atoms with Crippen molar-refractivity contribution in [2.75, 3.05) is 0 Å². The molecule has 0 spiro atoms. The van der Waals surface area contributed by atoms with Gasteiger partial charge in [0.1, 0.15) is 6.34 Å². The number of nitrogens with zero attached hydrogens (tertiary/aromatic N) is 3. The maximum Gasteiger partial charge on any atom is 0.220 e. The molecule has 2 aromatic carbocycles. The van der Waals surface area contributed by atoms with E-state index >= 15 is 0 Å². The summed E-state index contributed by atoms with van der Waals surface area (Å²) in [5.74, 6) is -0.553. The van der Waals surface area contributed by atoms with Gasteiger partial charge in [-0.05, 0) is 23.6 Å². The Morgan fingerprint density at radius 3 is 2.48 bits per heavy atom. The smallest absolute Gasteiger partial charge is 0.220 e. The number of benzene rings is 2. The van der Waals surface area contributed by atoms with Crippen LogP contribution in [0, 0.1) is 0 Å². The highest BCUT2D eigenvalue weighted by Gasteiger charge is 2.22. The summed E-state index contributed by atoms with van der Waals surface area (Å²) in [4.78, 5) is 28.0. The van der Waals surface area contributed by atoms with E-state index in [1.165, 1.54) is 11.9 Å². The molecule has 23 heavy (non-hydrogen) atoms. The molecule has 1 aliphatic rings. The zero-order valence-electron chi connectivity index (χ0n) is 12.4. The van der Waals surface area contributed by atoms with Gasteiger partial charge in [-0.15, -0.1) is 5.11 Å². The van der Waals surface area contributed by atoms with Crippen molar-refractivity contribution in [1.82, 2.24) is 0 Å². The third kappa shape index (κ3) is 3.83. The molecule has 1 aliphatic heterocycles. The predicted molar refractivity (Wildman–Crippen MR) is 86.8 cm³/mol. The van der Waals surface area contributed by atoms with Crippen LogP contribution in [-0.2, 0) is 11.2 Å². The number of carbonyl (C=O) groups excluding carboxylic acids is 2. The van der Waals surface area contributed by atoms with Gasteiger partial charge in [0.05, 0.1) is 6.42 Å². The van der Waals surface area contributed by atoms with Crippen molar-refractivity contribution in [3.8, 4) is 0 Å². The van der Waals surface area contributed by atoms with Gasteiger partial charge in [-0.1, -0.05) is 48.5 Å². The lowest BCUT2D eigenvalue weighted by molar-refractivity contribution is -0.119. The number of hydrogen-bond acceptors (Lipinski definition) is 5. The summed E-state index contributed by atoms with van der Waals surface area (Å²) >= 11 is 0. The Hall–Kier alpha value is -2.95. The first-order valence-electron chi connectivity index (χ1n) is 7.33. The number of azo groups is 1. The van der Waals surface area contributed by atoms with Gasteiger partial charge in [0.25, 0.3) is 0 Å². The predicted octanol–water partition coefficient (Wildman–Crippen LogP) is 3.24. The largest absolute Gasteiger partial charge is 0.294 e. The first-order valence-corrected chi connectivity index (χ1v) is 7.33. The van der Waals surface area contributed by atoms with Gasteiger partial charge >= 0.3 is 0 Å². The second-order valence-electron chi connectivity index (χ2n) is 5.30. The molecule has 0 radical (unpaired) electrons. The number of hydrogen-bond donors (Lipinski definition) is 0. The van der Waals surface area contributed by atoms with E-state index in [1.807, 2.05) is 48.5 Å². The van der Waals surface area contributed by atoms with Crippen LogP contribution in [0.15, 0.2) is 69.8 Å². The fraction of sp³-hybridized carbons (Fsp3) is 0.167. The molecule has 1 heterocycles. The lowest BCUT2D eigenvalue weighted by atomic mass is 9.99. The third-order valence-corrected chi connectivity index (χ3v) is 3.56. The van der Waals surface area contributed by atoms with Crippen molar-refractivity contribution in [2.45, 2.75) is 19.0 Å². The maximum atomic E-state index is 12.3. The van der Waals surface area contributed by atoms with Crippen molar-refractivity contribution in [1.29, 1.82) is 0 Å². The van der Waals surface area contributed by atoms with Crippen LogP contribution in [0.25, 0.3) is 0 Å². The number of rotatable bonds is 6. The Balaban J connectivity index is 1.69. The highest BCUT2D eigenvalue weighted by molar-refractivity contribution is 6.09. The molecule has 0 fully saturated rings. The molecule has 0 aromatic heterocycles. The average molecular weight is 305 g/mol. The van der Waals surface area contributed by atoms with Gasteiger partial charge in [0.15, 0.2) is 11.6 Å². The Morgan fingerprint density at radius 2 is 1.74 bits per heavy atom. The van der Waals surface area contributed by atoms with Crippen molar-refractivity contribution in [3.05, 3.63) is 71.3 Å². The number of carbonyl (C=O) groups is 2. The van der Waals surface area contributed by atoms with Crippen LogP contribution in [0.2, 0.25) is 0 Å². The molecule has 0 saturated heterocycles. The normalized spacial score (nSPS) is 15.7. The topological polar surface area (TPSA) is 71.2 Å². The first-order chi connectivity index (χ1) is 11.2.